The topological polar surface area (TPSA) is 29.5 Å². The van der Waals surface area contributed by atoms with E-state index >= 15 is 0 Å². The van der Waals surface area contributed by atoms with Crippen molar-refractivity contribution >= 4 is 5.78 Å². The van der Waals surface area contributed by atoms with Crippen molar-refractivity contribution in [2.75, 3.05) is 20.7 Å². The van der Waals surface area contributed by atoms with Crippen LogP contribution in [0.4, 0.5) is 0 Å². The molecule has 0 radical (unpaired) electrons. The molecule has 0 saturated heterocycles. The Kier molecular flexibility index (Phi) is 5.86. The van der Waals surface area contributed by atoms with Gasteiger partial charge in [0, 0.05) is 6.04 Å². The molecule has 0 aliphatic heterocycles. The number of Topliss-reactive ketones (excluding diaryl/α,β-unsaturated/α-hetero) is 1. The lowest BCUT2D eigenvalue weighted by Crippen LogP contribution is -2.35. The first-order chi connectivity index (χ1) is 8.63. The molecule has 0 saturated carbocycles. The molecule has 18 heavy (non-hydrogen) atoms. The van der Waals surface area contributed by atoms with Crippen LogP contribution in [0.3, 0.4) is 0 Å². The molecule has 0 aliphatic carbocycles. The molecule has 0 unspecified atom stereocenters. The lowest BCUT2D eigenvalue weighted by molar-refractivity contribution is 0.0912. The first kappa shape index (κ1) is 14.7. The second-order valence-electron chi connectivity index (χ2n) is 4.51. The molecule has 0 aliphatic rings. The van der Waals surface area contributed by atoms with Gasteiger partial charge in [-0.1, -0.05) is 26.0 Å². The van der Waals surface area contributed by atoms with Crippen LogP contribution < -0.4 is 4.74 Å². The van der Waals surface area contributed by atoms with Crippen molar-refractivity contribution in [1.82, 2.24) is 4.90 Å². The van der Waals surface area contributed by atoms with Crippen LogP contribution in [0.25, 0.3) is 0 Å². The summed E-state index contributed by atoms with van der Waals surface area (Å²) in [6.07, 6.45) is 2.12. The Labute approximate surface area is 110 Å². The minimum atomic E-state index is 0.113. The molecule has 0 spiro atoms. The molecule has 0 N–H and O–H groups in total. The third-order valence-electron chi connectivity index (χ3n) is 3.37. The third-order valence-corrected chi connectivity index (χ3v) is 3.37. The van der Waals surface area contributed by atoms with E-state index in [-0.39, 0.29) is 5.78 Å². The summed E-state index contributed by atoms with van der Waals surface area (Å²) in [5.74, 6) is 0.766. The van der Waals surface area contributed by atoms with Gasteiger partial charge in [0.25, 0.3) is 0 Å². The number of ether oxygens (including phenoxy) is 1. The van der Waals surface area contributed by atoms with Crippen molar-refractivity contribution < 1.29 is 9.53 Å². The summed E-state index contributed by atoms with van der Waals surface area (Å²) in [6.45, 7) is 4.74. The number of hydrogen-bond acceptors (Lipinski definition) is 3. The van der Waals surface area contributed by atoms with Gasteiger partial charge >= 0.3 is 0 Å². The molecule has 0 aromatic heterocycles. The predicted octanol–water partition coefficient (Wildman–Crippen LogP) is 3.00. The monoisotopic (exact) mass is 249 g/mol. The zero-order valence-electron chi connectivity index (χ0n) is 11.8. The number of benzene rings is 1. The first-order valence-electron chi connectivity index (χ1n) is 6.50. The lowest BCUT2D eigenvalue weighted by atomic mass is 10.1. The van der Waals surface area contributed by atoms with E-state index in [2.05, 4.69) is 18.7 Å². The molecule has 0 amide bonds. The van der Waals surface area contributed by atoms with E-state index < -0.39 is 0 Å². The van der Waals surface area contributed by atoms with Crippen molar-refractivity contribution in [1.29, 1.82) is 0 Å². The maximum Gasteiger partial charge on any atom is 0.180 e. The SMILES string of the molecule is CCC(CC)N(C)CC(=O)c1ccccc1OC. The van der Waals surface area contributed by atoms with Gasteiger partial charge in [0.1, 0.15) is 5.75 Å². The molecule has 100 valence electrons. The highest BCUT2D eigenvalue weighted by atomic mass is 16.5. The highest BCUT2D eigenvalue weighted by molar-refractivity contribution is 6.00. The second-order valence-corrected chi connectivity index (χ2v) is 4.51. The molecule has 0 fully saturated rings. The van der Waals surface area contributed by atoms with Gasteiger partial charge in [-0.25, -0.2) is 0 Å². The molecule has 0 heterocycles. The summed E-state index contributed by atoms with van der Waals surface area (Å²) in [7, 11) is 3.60. The molecule has 1 aromatic rings. The van der Waals surface area contributed by atoms with Crippen LogP contribution in [-0.4, -0.2) is 37.4 Å². The molecule has 0 bridgehead atoms. The van der Waals surface area contributed by atoms with Gasteiger partial charge in [-0.2, -0.15) is 0 Å². The largest absolute Gasteiger partial charge is 0.496 e. The van der Waals surface area contributed by atoms with Crippen molar-refractivity contribution in [2.45, 2.75) is 32.7 Å². The van der Waals surface area contributed by atoms with E-state index in [4.69, 9.17) is 4.74 Å². The van der Waals surface area contributed by atoms with Crippen molar-refractivity contribution in [3.63, 3.8) is 0 Å². The average molecular weight is 249 g/mol. The van der Waals surface area contributed by atoms with Gasteiger partial charge in [-0.05, 0) is 32.0 Å². The maximum absolute atomic E-state index is 12.2. The van der Waals surface area contributed by atoms with Gasteiger partial charge < -0.3 is 4.74 Å². The lowest BCUT2D eigenvalue weighted by Gasteiger charge is -2.25. The summed E-state index contributed by atoms with van der Waals surface area (Å²) in [5.41, 5.74) is 0.665. The highest BCUT2D eigenvalue weighted by Crippen LogP contribution is 2.18. The zero-order chi connectivity index (χ0) is 13.5. The fourth-order valence-electron chi connectivity index (χ4n) is 2.23. The third kappa shape index (κ3) is 3.57. The first-order valence-corrected chi connectivity index (χ1v) is 6.50. The normalized spacial score (nSPS) is 11.0. The number of methoxy groups -OCH3 is 1. The second kappa shape index (κ2) is 7.17. The summed E-state index contributed by atoms with van der Waals surface area (Å²) < 4.78 is 5.22. The Hall–Kier alpha value is -1.35. The quantitative estimate of drug-likeness (QED) is 0.696. The molecular weight excluding hydrogens is 226 g/mol. The molecule has 0 atom stereocenters. The van der Waals surface area contributed by atoms with Gasteiger partial charge in [-0.3, -0.25) is 9.69 Å². The van der Waals surface area contributed by atoms with Crippen LogP contribution in [0.1, 0.15) is 37.0 Å². The number of carbonyl (C=O) groups excluding carboxylic acids is 1. The fourth-order valence-corrected chi connectivity index (χ4v) is 2.23. The molecule has 3 nitrogen and oxygen atoms in total. The van der Waals surface area contributed by atoms with Gasteiger partial charge in [0.05, 0.1) is 19.2 Å². The van der Waals surface area contributed by atoms with E-state index in [1.807, 2.05) is 31.3 Å². The van der Waals surface area contributed by atoms with Crippen LogP contribution in [0.15, 0.2) is 24.3 Å². The van der Waals surface area contributed by atoms with E-state index in [1.165, 1.54) is 0 Å². The number of carbonyl (C=O) groups is 1. The highest BCUT2D eigenvalue weighted by Gasteiger charge is 2.17. The van der Waals surface area contributed by atoms with E-state index in [1.54, 1.807) is 7.11 Å². The summed E-state index contributed by atoms with van der Waals surface area (Å²) in [4.78, 5) is 14.4. The minimum Gasteiger partial charge on any atom is -0.496 e. The molecule has 3 heteroatoms. The number of para-hydroxylation sites is 1. The summed E-state index contributed by atoms with van der Waals surface area (Å²) >= 11 is 0. The zero-order valence-corrected chi connectivity index (χ0v) is 11.8. The Morgan fingerprint density at radius 2 is 1.89 bits per heavy atom. The number of likely N-dealkylation sites (N-methyl/N-ethyl adjacent to an activating group) is 1. The van der Waals surface area contributed by atoms with Crippen LogP contribution in [-0.2, 0) is 0 Å². The summed E-state index contributed by atoms with van der Waals surface area (Å²) in [5, 5.41) is 0. The number of hydrogen-bond donors (Lipinski definition) is 0. The van der Waals surface area contributed by atoms with Gasteiger partial charge in [0.2, 0.25) is 0 Å². The number of ketones is 1. The summed E-state index contributed by atoms with van der Waals surface area (Å²) in [6, 6.07) is 7.85. The number of rotatable bonds is 7. The smallest absolute Gasteiger partial charge is 0.180 e. The predicted molar refractivity (Wildman–Crippen MR) is 74.3 cm³/mol. The van der Waals surface area contributed by atoms with E-state index in [0.29, 0.717) is 23.9 Å². The van der Waals surface area contributed by atoms with Crippen LogP contribution >= 0.6 is 0 Å². The average Bonchev–Trinajstić information content (AvgIpc) is 2.40. The number of nitrogens with zero attached hydrogens (tertiary/aromatic N) is 1. The van der Waals surface area contributed by atoms with Crippen LogP contribution in [0.5, 0.6) is 5.75 Å². The molecular formula is C15H23NO2. The minimum absolute atomic E-state index is 0.113. The van der Waals surface area contributed by atoms with Crippen molar-refractivity contribution in [3.8, 4) is 5.75 Å². The molecule has 1 rings (SSSR count). The van der Waals surface area contributed by atoms with E-state index in [9.17, 15) is 4.79 Å². The van der Waals surface area contributed by atoms with Crippen LogP contribution in [0, 0.1) is 0 Å². The van der Waals surface area contributed by atoms with Crippen LogP contribution in [0.2, 0.25) is 0 Å². The van der Waals surface area contributed by atoms with Gasteiger partial charge in [0.15, 0.2) is 5.78 Å². The Morgan fingerprint density at radius 1 is 1.28 bits per heavy atom. The van der Waals surface area contributed by atoms with Crippen molar-refractivity contribution in [2.24, 2.45) is 0 Å². The Balaban J connectivity index is 2.76. The Bertz CT molecular complexity index is 386. The standard InChI is InChI=1S/C15H23NO2/c1-5-12(6-2)16(3)11-14(17)13-9-7-8-10-15(13)18-4/h7-10,12H,5-6,11H2,1-4H3. The van der Waals surface area contributed by atoms with Gasteiger partial charge in [-0.15, -0.1) is 0 Å². The van der Waals surface area contributed by atoms with Crippen molar-refractivity contribution in [3.05, 3.63) is 29.8 Å². The maximum atomic E-state index is 12.2. The van der Waals surface area contributed by atoms with E-state index in [0.717, 1.165) is 12.8 Å². The molecule has 1 aromatic carbocycles. The Morgan fingerprint density at radius 3 is 2.44 bits per heavy atom. The fraction of sp³-hybridized carbons (Fsp3) is 0.533.